The van der Waals surface area contributed by atoms with E-state index >= 15 is 0 Å². The summed E-state index contributed by atoms with van der Waals surface area (Å²) in [6.07, 6.45) is -2.15. The molecule has 0 amide bonds. The van der Waals surface area contributed by atoms with Crippen molar-refractivity contribution in [2.75, 3.05) is 50.6 Å². The van der Waals surface area contributed by atoms with Crippen molar-refractivity contribution in [1.82, 2.24) is 28.6 Å². The highest BCUT2D eigenvalue weighted by Gasteiger charge is 2.31. The summed E-state index contributed by atoms with van der Waals surface area (Å²) >= 11 is 1.05. The lowest BCUT2D eigenvalue weighted by atomic mass is 10.0. The maximum Gasteiger partial charge on any atom is 0.393 e. The molecule has 1 atom stereocenters. The van der Waals surface area contributed by atoms with Gasteiger partial charge in [-0.3, -0.25) is 9.80 Å². The third-order valence-electron chi connectivity index (χ3n) is 9.53. The van der Waals surface area contributed by atoms with E-state index in [0.29, 0.717) is 41.4 Å². The van der Waals surface area contributed by atoms with Crippen LogP contribution in [-0.4, -0.2) is 101 Å². The topological polar surface area (TPSA) is 110 Å². The summed E-state index contributed by atoms with van der Waals surface area (Å²) in [6.45, 7) is 8.63. The molecular formula is C32H40F4N8O2S3. The van der Waals surface area contributed by atoms with Gasteiger partial charge in [0.1, 0.15) is 28.7 Å². The number of nitrogens with zero attached hydrogens (tertiary/aromatic N) is 7. The first-order valence-electron chi connectivity index (χ1n) is 15.9. The van der Waals surface area contributed by atoms with Crippen LogP contribution in [0.4, 0.5) is 23.4 Å². The largest absolute Gasteiger partial charge is 0.393 e. The molecule has 2 fully saturated rings. The maximum absolute atomic E-state index is 12.9. The van der Waals surface area contributed by atoms with Crippen LogP contribution in [0.25, 0.3) is 21.1 Å². The van der Waals surface area contributed by atoms with E-state index in [1.807, 2.05) is 10.6 Å². The van der Waals surface area contributed by atoms with Crippen molar-refractivity contribution in [2.45, 2.75) is 64.5 Å². The second-order valence-corrected chi connectivity index (χ2v) is 15.7. The summed E-state index contributed by atoms with van der Waals surface area (Å²) in [6, 6.07) is 8.81. The molecule has 0 saturated carbocycles. The van der Waals surface area contributed by atoms with Crippen LogP contribution in [0.2, 0.25) is 0 Å². The minimum atomic E-state index is -4.27. The second kappa shape index (κ2) is 15.1. The van der Waals surface area contributed by atoms with Gasteiger partial charge >= 0.3 is 6.18 Å². The quantitative estimate of drug-likeness (QED) is 0.216. The van der Waals surface area contributed by atoms with Crippen LogP contribution in [0.1, 0.15) is 41.5 Å². The first-order valence-corrected chi connectivity index (χ1v) is 18.4. The molecule has 1 aromatic carbocycles. The van der Waals surface area contributed by atoms with Gasteiger partial charge in [0.25, 0.3) is 0 Å². The fourth-order valence-corrected chi connectivity index (χ4v) is 8.71. The van der Waals surface area contributed by atoms with E-state index in [4.69, 9.17) is 0 Å². The summed E-state index contributed by atoms with van der Waals surface area (Å²) in [7, 11) is -3.85. The smallest absolute Gasteiger partial charge is 0.367 e. The number of alkyl halides is 4. The van der Waals surface area contributed by atoms with Gasteiger partial charge in [-0.15, -0.1) is 11.3 Å². The maximum atomic E-state index is 12.9. The molecule has 49 heavy (non-hydrogen) atoms. The van der Waals surface area contributed by atoms with Gasteiger partial charge in [-0.1, -0.05) is 6.07 Å². The highest BCUT2D eigenvalue weighted by molar-refractivity contribution is 7.88. The Morgan fingerprint density at radius 2 is 1.80 bits per heavy atom. The van der Waals surface area contributed by atoms with E-state index in [-0.39, 0.29) is 43.5 Å². The Kier molecular flexibility index (Phi) is 11.5. The molecule has 0 bridgehead atoms. The number of piperidine rings is 1. The molecule has 0 radical (unpaired) electrons. The Morgan fingerprint density at radius 3 is 2.45 bits per heavy atom. The lowest BCUT2D eigenvalue weighted by molar-refractivity contribution is -0.126. The van der Waals surface area contributed by atoms with E-state index in [1.165, 1.54) is 16.2 Å². The van der Waals surface area contributed by atoms with Crippen molar-refractivity contribution in [1.29, 1.82) is 5.26 Å². The molecule has 4 aromatic rings. The zero-order valence-electron chi connectivity index (χ0n) is 27.3. The predicted molar refractivity (Wildman–Crippen MR) is 188 cm³/mol. The van der Waals surface area contributed by atoms with E-state index in [9.17, 15) is 31.2 Å². The number of hydrogen-bond acceptors (Lipinski definition) is 9. The molecule has 266 valence electrons. The zero-order valence-corrected chi connectivity index (χ0v) is 29.9. The van der Waals surface area contributed by atoms with Crippen molar-refractivity contribution in [3.05, 3.63) is 52.3 Å². The molecule has 0 unspecified atom stereocenters. The van der Waals surface area contributed by atoms with E-state index in [2.05, 4.69) is 57.1 Å². The van der Waals surface area contributed by atoms with Gasteiger partial charge in [-0.2, -0.15) is 36.2 Å². The first-order chi connectivity index (χ1) is 22.8. The number of nitrogens with one attached hydrogen (secondary N) is 1. The van der Waals surface area contributed by atoms with Gasteiger partial charge in [0.2, 0.25) is 16.0 Å². The number of piperazine rings is 1. The van der Waals surface area contributed by atoms with E-state index < -0.39 is 28.6 Å². The van der Waals surface area contributed by atoms with Gasteiger partial charge < -0.3 is 9.88 Å². The van der Waals surface area contributed by atoms with Crippen molar-refractivity contribution in [2.24, 2.45) is 0 Å². The Labute approximate surface area is 294 Å². The lowest BCUT2D eigenvalue weighted by Gasteiger charge is -2.37. The standard InChI is InChI=1S/C32H38F4N8O2S2.H2S/c1-21(42-9-11-43(12-10-42)48(45,46)19-33)17-44-25(16-37)13-27-22(2)23(3-4-29(27)44)18-41-7-5-24(6-8-41)40-30-28-14-26(15-32(34,35)36)47-31(28)39-20-38-30;/h3-4,13-14,20-21,24H,5-12,15,17-19H2,1-2H3,(H,38,39,40);1H2/t21-;/m0./s1. The number of thiophene rings is 1. The van der Waals surface area contributed by atoms with Gasteiger partial charge in [0.05, 0.1) is 11.8 Å². The molecule has 2 saturated heterocycles. The highest BCUT2D eigenvalue weighted by Crippen LogP contribution is 2.33. The highest BCUT2D eigenvalue weighted by atomic mass is 32.2. The predicted octanol–water partition coefficient (Wildman–Crippen LogP) is 5.38. The molecule has 17 heteroatoms. The molecule has 0 aliphatic carbocycles. The van der Waals surface area contributed by atoms with Gasteiger partial charge in [0, 0.05) is 80.2 Å². The molecule has 1 N–H and O–H groups in total. The Morgan fingerprint density at radius 1 is 1.08 bits per heavy atom. The number of hydrogen-bond donors (Lipinski definition) is 1. The van der Waals surface area contributed by atoms with Gasteiger partial charge in [-0.25, -0.2) is 22.8 Å². The van der Waals surface area contributed by atoms with Crippen molar-refractivity contribution in [3.8, 4) is 6.07 Å². The minimum absolute atomic E-state index is 0. The van der Waals surface area contributed by atoms with Crippen LogP contribution in [0.5, 0.6) is 0 Å². The number of benzene rings is 1. The van der Waals surface area contributed by atoms with Gasteiger partial charge in [0.15, 0.2) is 0 Å². The summed E-state index contributed by atoms with van der Waals surface area (Å²) in [4.78, 5) is 13.8. The van der Waals surface area contributed by atoms with Crippen LogP contribution in [-0.2, 0) is 29.5 Å². The molecular weight excluding hydrogens is 701 g/mol. The minimum Gasteiger partial charge on any atom is -0.367 e. The summed E-state index contributed by atoms with van der Waals surface area (Å²) in [5, 5.41) is 15.1. The number of aromatic nitrogens is 3. The molecule has 5 heterocycles. The number of aryl methyl sites for hydroxylation is 1. The van der Waals surface area contributed by atoms with Crippen molar-refractivity contribution < 1.29 is 26.0 Å². The summed E-state index contributed by atoms with van der Waals surface area (Å²) in [5.74, 6) is 0.573. The molecule has 2 aliphatic heterocycles. The lowest BCUT2D eigenvalue weighted by Crippen LogP contribution is -2.52. The average molecular weight is 741 g/mol. The number of rotatable bonds is 10. The Balaban J connectivity index is 0.00000468. The number of likely N-dealkylation sites (tertiary alicyclic amines) is 1. The van der Waals surface area contributed by atoms with Crippen LogP contribution in [0.3, 0.4) is 0 Å². The SMILES string of the molecule is Cc1c(CN2CCC(Nc3ncnc4sc(CC(F)(F)F)cc34)CC2)ccc2c1cc(C#N)n2C[C@H](C)N1CCN(S(=O)(=O)CF)CC1.S. The summed E-state index contributed by atoms with van der Waals surface area (Å²) in [5.41, 5.74) is 3.85. The normalized spacial score (nSPS) is 18.1. The fraction of sp³-hybridized carbons (Fsp3) is 0.531. The van der Waals surface area contributed by atoms with Gasteiger partial charge in [-0.05, 0) is 56.0 Å². The Hall–Kier alpha value is -3.01. The molecule has 10 nitrogen and oxygen atoms in total. The van der Waals surface area contributed by atoms with E-state index in [1.54, 1.807) is 6.07 Å². The Bertz CT molecular complexity index is 1930. The number of halogens is 4. The van der Waals surface area contributed by atoms with Crippen LogP contribution >= 0.6 is 24.8 Å². The molecule has 6 rings (SSSR count). The van der Waals surface area contributed by atoms with Crippen LogP contribution < -0.4 is 5.32 Å². The summed E-state index contributed by atoms with van der Waals surface area (Å²) < 4.78 is 78.8. The van der Waals surface area contributed by atoms with Crippen molar-refractivity contribution >= 4 is 61.8 Å². The third kappa shape index (κ3) is 8.32. The number of nitriles is 1. The zero-order chi connectivity index (χ0) is 34.2. The monoisotopic (exact) mass is 740 g/mol. The molecule has 2 aliphatic rings. The van der Waals surface area contributed by atoms with Crippen molar-refractivity contribution in [3.63, 3.8) is 0 Å². The van der Waals surface area contributed by atoms with E-state index in [0.717, 1.165) is 60.3 Å². The third-order valence-corrected chi connectivity index (χ3v) is 12.0. The van der Waals surface area contributed by atoms with Crippen LogP contribution in [0.15, 0.2) is 30.6 Å². The second-order valence-electron chi connectivity index (χ2n) is 12.7. The number of fused-ring (bicyclic) bond motifs is 2. The fourth-order valence-electron chi connectivity index (χ4n) is 6.83. The number of anilines is 1. The first kappa shape index (κ1) is 37.3. The average Bonchev–Trinajstić information content (AvgIpc) is 3.63. The molecule has 3 aromatic heterocycles. The van der Waals surface area contributed by atoms with Crippen LogP contribution in [0, 0.1) is 18.3 Å². The molecule has 0 spiro atoms. The number of sulfonamides is 1.